The van der Waals surface area contributed by atoms with Gasteiger partial charge >= 0.3 is 6.18 Å². The number of hydrogen-bond acceptors (Lipinski definition) is 5. The quantitative estimate of drug-likeness (QED) is 0.354. The number of aromatic nitrogens is 2. The van der Waals surface area contributed by atoms with E-state index in [4.69, 9.17) is 10.5 Å². The zero-order valence-electron chi connectivity index (χ0n) is 22.6. The van der Waals surface area contributed by atoms with Gasteiger partial charge in [-0.25, -0.2) is 4.39 Å². The highest BCUT2D eigenvalue weighted by molar-refractivity contribution is 5.96. The van der Waals surface area contributed by atoms with Crippen LogP contribution in [0.25, 0.3) is 11.1 Å². The van der Waals surface area contributed by atoms with Gasteiger partial charge in [-0.3, -0.25) is 20.1 Å². The molecule has 2 aromatic carbocycles. The summed E-state index contributed by atoms with van der Waals surface area (Å²) in [6, 6.07) is 8.92. The predicted octanol–water partition coefficient (Wildman–Crippen LogP) is 5.55. The molecule has 1 saturated heterocycles. The zero-order valence-corrected chi connectivity index (χ0v) is 22.6. The van der Waals surface area contributed by atoms with Crippen LogP contribution in [0.4, 0.5) is 17.6 Å². The molecule has 1 aliphatic carbocycles. The van der Waals surface area contributed by atoms with Gasteiger partial charge in [0.15, 0.2) is 12.0 Å². The maximum Gasteiger partial charge on any atom is 0.435 e. The van der Waals surface area contributed by atoms with Gasteiger partial charge in [-0.2, -0.15) is 18.3 Å². The van der Waals surface area contributed by atoms with Crippen LogP contribution in [0.15, 0.2) is 42.6 Å². The van der Waals surface area contributed by atoms with Gasteiger partial charge in [-0.05, 0) is 86.1 Å². The van der Waals surface area contributed by atoms with E-state index in [1.165, 1.54) is 23.0 Å². The number of carbonyl (C=O) groups is 1. The molecule has 2 aliphatic rings. The summed E-state index contributed by atoms with van der Waals surface area (Å²) in [5.74, 6) is -0.542. The molecular formula is C29H33F4N5O2. The number of nitrogens with one attached hydrogen (secondary N) is 1. The van der Waals surface area contributed by atoms with Crippen molar-refractivity contribution in [3.05, 3.63) is 76.4 Å². The Morgan fingerprint density at radius 3 is 2.55 bits per heavy atom. The fourth-order valence-electron chi connectivity index (χ4n) is 5.06. The lowest BCUT2D eigenvalue weighted by atomic mass is 9.97. The lowest BCUT2D eigenvalue weighted by Gasteiger charge is -2.22. The first kappa shape index (κ1) is 28.3. The van der Waals surface area contributed by atoms with Crippen LogP contribution >= 0.6 is 0 Å². The molecule has 0 radical (unpaired) electrons. The largest absolute Gasteiger partial charge is 0.435 e. The molecule has 1 aliphatic heterocycles. The molecule has 0 spiro atoms. The van der Waals surface area contributed by atoms with E-state index < -0.39 is 24.1 Å². The van der Waals surface area contributed by atoms with E-state index in [-0.39, 0.29) is 47.1 Å². The van der Waals surface area contributed by atoms with Crippen LogP contribution in [-0.4, -0.2) is 40.1 Å². The summed E-state index contributed by atoms with van der Waals surface area (Å²) in [6.07, 6.45) is -2.12. The Hall–Kier alpha value is -3.28. The molecule has 1 amide bonds. The van der Waals surface area contributed by atoms with Crippen molar-refractivity contribution in [2.45, 2.75) is 64.8 Å². The molecule has 11 heteroatoms. The monoisotopic (exact) mass is 559 g/mol. The first-order valence-electron chi connectivity index (χ1n) is 13.4. The van der Waals surface area contributed by atoms with E-state index in [1.807, 2.05) is 4.90 Å². The summed E-state index contributed by atoms with van der Waals surface area (Å²) in [5.41, 5.74) is 7.25. The smallest absolute Gasteiger partial charge is 0.349 e. The number of nitrogens with zero attached hydrogens (tertiary/aromatic N) is 3. The van der Waals surface area contributed by atoms with Gasteiger partial charge < -0.3 is 10.1 Å². The van der Waals surface area contributed by atoms with E-state index >= 15 is 0 Å². The van der Waals surface area contributed by atoms with Crippen LogP contribution in [0, 0.1) is 18.7 Å². The van der Waals surface area contributed by atoms with Gasteiger partial charge in [0.1, 0.15) is 5.82 Å². The minimum atomic E-state index is -4.68. The van der Waals surface area contributed by atoms with Crippen LogP contribution in [0.1, 0.15) is 71.5 Å². The molecule has 1 aromatic heterocycles. The second-order valence-corrected chi connectivity index (χ2v) is 10.9. The number of halogens is 4. The fraction of sp³-hybridized carbons (Fsp3) is 0.448. The standard InChI is InChI=1S/C29H33F4N5O2/c1-16(2)38-15-23(26(36-38)29(31,32)33)21-11-18(14-37-8-9-40-28(37)34)12-22(13-21)27(39)35-25(19-4-5-19)20-6-7-24(30)17(3)10-20/h6-7,10-13,15-16,19,25,28H,4-5,8-9,14,34H2,1-3H3,(H,35,39)/t25-,28?/m0/s1. The summed E-state index contributed by atoms with van der Waals surface area (Å²) in [6.45, 7) is 6.45. The zero-order chi connectivity index (χ0) is 28.8. The van der Waals surface area contributed by atoms with E-state index in [9.17, 15) is 22.4 Å². The SMILES string of the molecule is Cc1cc([C@@H](NC(=O)c2cc(CN3CCOC3N)cc(-c3cn(C(C)C)nc3C(F)(F)F)c2)C2CC2)ccc1F. The van der Waals surface area contributed by atoms with Gasteiger partial charge in [-0.1, -0.05) is 12.1 Å². The van der Waals surface area contributed by atoms with E-state index in [2.05, 4.69) is 10.4 Å². The number of alkyl halides is 3. The molecule has 1 saturated carbocycles. The van der Waals surface area contributed by atoms with Crippen molar-refractivity contribution >= 4 is 5.91 Å². The molecule has 0 bridgehead atoms. The third-order valence-corrected chi connectivity index (χ3v) is 7.43. The number of carbonyl (C=O) groups excluding carboxylic acids is 1. The number of hydrogen-bond donors (Lipinski definition) is 2. The molecule has 1 unspecified atom stereocenters. The highest BCUT2D eigenvalue weighted by Crippen LogP contribution is 2.42. The molecule has 3 N–H and O–H groups in total. The summed E-state index contributed by atoms with van der Waals surface area (Å²) >= 11 is 0. The molecule has 2 fully saturated rings. The predicted molar refractivity (Wildman–Crippen MR) is 141 cm³/mol. The fourth-order valence-corrected chi connectivity index (χ4v) is 5.06. The highest BCUT2D eigenvalue weighted by Gasteiger charge is 2.38. The molecular weight excluding hydrogens is 526 g/mol. The molecule has 214 valence electrons. The van der Waals surface area contributed by atoms with Crippen molar-refractivity contribution in [2.75, 3.05) is 13.2 Å². The molecule has 5 rings (SSSR count). The van der Waals surface area contributed by atoms with Crippen molar-refractivity contribution in [3.8, 4) is 11.1 Å². The first-order chi connectivity index (χ1) is 18.9. The number of ether oxygens (including phenoxy) is 1. The lowest BCUT2D eigenvalue weighted by molar-refractivity contribution is -0.141. The average molecular weight is 560 g/mol. The minimum absolute atomic E-state index is 0.105. The summed E-state index contributed by atoms with van der Waals surface area (Å²) in [7, 11) is 0. The van der Waals surface area contributed by atoms with Crippen molar-refractivity contribution in [1.29, 1.82) is 0 Å². The lowest BCUT2D eigenvalue weighted by Crippen LogP contribution is -2.37. The maximum atomic E-state index is 14.0. The minimum Gasteiger partial charge on any atom is -0.349 e. The average Bonchev–Trinajstić information content (AvgIpc) is 3.48. The maximum absolute atomic E-state index is 14.0. The Morgan fingerprint density at radius 1 is 1.20 bits per heavy atom. The molecule has 2 atom stereocenters. The van der Waals surface area contributed by atoms with Crippen LogP contribution in [0.2, 0.25) is 0 Å². The molecule has 40 heavy (non-hydrogen) atoms. The Balaban J connectivity index is 1.54. The van der Waals surface area contributed by atoms with Crippen LogP contribution in [0.3, 0.4) is 0 Å². The third-order valence-electron chi connectivity index (χ3n) is 7.43. The summed E-state index contributed by atoms with van der Waals surface area (Å²) in [4.78, 5) is 15.5. The molecule has 3 aromatic rings. The van der Waals surface area contributed by atoms with Crippen molar-refractivity contribution < 1.29 is 27.1 Å². The Morgan fingerprint density at radius 2 is 1.95 bits per heavy atom. The second-order valence-electron chi connectivity index (χ2n) is 10.9. The number of rotatable bonds is 8. The van der Waals surface area contributed by atoms with Crippen molar-refractivity contribution in [1.82, 2.24) is 20.0 Å². The Labute approximate surface area is 230 Å². The Kier molecular flexibility index (Phi) is 7.73. The van der Waals surface area contributed by atoms with Crippen molar-refractivity contribution in [2.24, 2.45) is 11.7 Å². The van der Waals surface area contributed by atoms with Crippen molar-refractivity contribution in [3.63, 3.8) is 0 Å². The molecule has 7 nitrogen and oxygen atoms in total. The number of nitrogens with two attached hydrogens (primary N) is 1. The summed E-state index contributed by atoms with van der Waals surface area (Å²) < 4.78 is 62.7. The Bertz CT molecular complexity index is 1400. The topological polar surface area (TPSA) is 85.4 Å². The number of benzene rings is 2. The van der Waals surface area contributed by atoms with Crippen LogP contribution < -0.4 is 11.1 Å². The summed E-state index contributed by atoms with van der Waals surface area (Å²) in [5, 5.41) is 6.89. The van der Waals surface area contributed by atoms with E-state index in [1.54, 1.807) is 45.0 Å². The number of aryl methyl sites for hydroxylation is 1. The van der Waals surface area contributed by atoms with Gasteiger partial charge in [0, 0.05) is 36.5 Å². The van der Waals surface area contributed by atoms with Gasteiger partial charge in [0.05, 0.1) is 12.6 Å². The first-order valence-corrected chi connectivity index (χ1v) is 13.4. The van der Waals surface area contributed by atoms with Crippen LogP contribution in [-0.2, 0) is 17.5 Å². The normalized spacial score (nSPS) is 18.9. The number of amides is 1. The molecule has 2 heterocycles. The van der Waals surface area contributed by atoms with Crippen LogP contribution in [0.5, 0.6) is 0 Å². The van der Waals surface area contributed by atoms with Gasteiger partial charge in [0.2, 0.25) is 0 Å². The van der Waals surface area contributed by atoms with E-state index in [0.29, 0.717) is 24.3 Å². The van der Waals surface area contributed by atoms with Gasteiger partial charge in [-0.15, -0.1) is 0 Å². The van der Waals surface area contributed by atoms with Gasteiger partial charge in [0.25, 0.3) is 5.91 Å². The highest BCUT2D eigenvalue weighted by atomic mass is 19.4. The second kappa shape index (κ2) is 10.9. The van der Waals surface area contributed by atoms with E-state index in [0.717, 1.165) is 18.4 Å². The third kappa shape index (κ3) is 6.06.